The highest BCUT2D eigenvalue weighted by Gasteiger charge is 2.45. The molecule has 132 valence electrons. The monoisotopic (exact) mass is 364 g/mol. The van der Waals surface area contributed by atoms with Gasteiger partial charge in [0.2, 0.25) is 0 Å². The third kappa shape index (κ3) is 3.58. The number of carbonyl (C=O) groups is 2. The van der Waals surface area contributed by atoms with Crippen molar-refractivity contribution in [3.05, 3.63) is 108 Å². The zero-order valence-corrected chi connectivity index (χ0v) is 16.0. The number of hydrogen-bond acceptors (Lipinski definition) is 3. The molecule has 0 saturated heterocycles. The molecule has 0 aliphatic rings. The zero-order valence-electron chi connectivity index (χ0n) is 14.6. The van der Waals surface area contributed by atoms with E-state index < -0.39 is 17.4 Å². The lowest BCUT2D eigenvalue weighted by atomic mass is 9.69. The summed E-state index contributed by atoms with van der Waals surface area (Å²) in [5.74, 6) is -1.24. The molecule has 0 bridgehead atoms. The summed E-state index contributed by atoms with van der Waals surface area (Å²) in [7, 11) is 0. The van der Waals surface area contributed by atoms with Crippen LogP contribution in [0.15, 0.2) is 91.0 Å². The summed E-state index contributed by atoms with van der Waals surface area (Å²) in [6, 6.07) is 28.2. The van der Waals surface area contributed by atoms with E-state index in [9.17, 15) is 9.59 Å². The van der Waals surface area contributed by atoms with Gasteiger partial charge in [-0.15, -0.1) is 0 Å². The van der Waals surface area contributed by atoms with Gasteiger partial charge in [-0.2, -0.15) is 9.90 Å². The molecular formula is C22H21O3P. The van der Waals surface area contributed by atoms with E-state index in [1.807, 2.05) is 91.0 Å². The molecule has 0 aromatic heterocycles. The lowest BCUT2D eigenvalue weighted by molar-refractivity contribution is -0.160. The normalized spacial score (nSPS) is 10.5. The molecule has 1 unspecified atom stereocenters. The lowest BCUT2D eigenvalue weighted by Gasteiger charge is -2.32. The number of esters is 2. The molecule has 0 aliphatic carbocycles. The minimum absolute atomic E-state index is 0. The van der Waals surface area contributed by atoms with Crippen molar-refractivity contribution in [2.75, 3.05) is 0 Å². The second kappa shape index (κ2) is 8.55. The maximum Gasteiger partial charge on any atom is 0.333 e. The first-order valence-electron chi connectivity index (χ1n) is 8.05. The zero-order chi connectivity index (χ0) is 17.7. The second-order valence-electron chi connectivity index (χ2n) is 5.73. The fourth-order valence-corrected chi connectivity index (χ4v) is 3.13. The first kappa shape index (κ1) is 19.6. The van der Waals surface area contributed by atoms with Crippen LogP contribution in [-0.2, 0) is 19.7 Å². The summed E-state index contributed by atoms with van der Waals surface area (Å²) in [4.78, 5) is 24.8. The Morgan fingerprint density at radius 1 is 0.654 bits per heavy atom. The summed E-state index contributed by atoms with van der Waals surface area (Å²) in [5, 5.41) is 0. The number of rotatable bonds is 4. The minimum atomic E-state index is -1.21. The van der Waals surface area contributed by atoms with Crippen molar-refractivity contribution in [3.8, 4) is 0 Å². The van der Waals surface area contributed by atoms with Crippen LogP contribution in [0.25, 0.3) is 0 Å². The fourth-order valence-electron chi connectivity index (χ4n) is 3.13. The van der Waals surface area contributed by atoms with Gasteiger partial charge < -0.3 is 4.74 Å². The van der Waals surface area contributed by atoms with Gasteiger partial charge in [0.15, 0.2) is 0 Å². The van der Waals surface area contributed by atoms with Crippen LogP contribution < -0.4 is 0 Å². The molecule has 0 aliphatic heterocycles. The van der Waals surface area contributed by atoms with E-state index in [1.54, 1.807) is 0 Å². The molecule has 26 heavy (non-hydrogen) atoms. The molecule has 0 radical (unpaired) electrons. The van der Waals surface area contributed by atoms with Crippen molar-refractivity contribution in [3.63, 3.8) is 0 Å². The average Bonchev–Trinajstić information content (AvgIpc) is 2.64. The SMILES string of the molecule is CC(=O)OC(=O)C(c1ccccc1)(c1ccccc1)c1ccccc1.P. The van der Waals surface area contributed by atoms with E-state index in [0.717, 1.165) is 16.7 Å². The average molecular weight is 364 g/mol. The summed E-state index contributed by atoms with van der Waals surface area (Å²) in [6.07, 6.45) is 0. The summed E-state index contributed by atoms with van der Waals surface area (Å²) < 4.78 is 5.10. The van der Waals surface area contributed by atoms with Crippen molar-refractivity contribution >= 4 is 21.8 Å². The number of hydrogen-bond donors (Lipinski definition) is 0. The first-order valence-corrected chi connectivity index (χ1v) is 8.05. The Morgan fingerprint density at radius 3 is 1.23 bits per heavy atom. The summed E-state index contributed by atoms with van der Waals surface area (Å²) in [5.41, 5.74) is 1.03. The third-order valence-corrected chi connectivity index (χ3v) is 4.16. The van der Waals surface area contributed by atoms with Gasteiger partial charge in [0.25, 0.3) is 0 Å². The summed E-state index contributed by atoms with van der Waals surface area (Å²) in [6.45, 7) is 1.24. The molecule has 3 aromatic carbocycles. The Hall–Kier alpha value is -2.77. The van der Waals surface area contributed by atoms with E-state index in [0.29, 0.717) is 0 Å². The highest BCUT2D eigenvalue weighted by molar-refractivity contribution is 6.92. The van der Waals surface area contributed by atoms with E-state index in [4.69, 9.17) is 4.74 Å². The van der Waals surface area contributed by atoms with E-state index >= 15 is 0 Å². The smallest absolute Gasteiger partial charge is 0.333 e. The standard InChI is InChI=1S/C22H18O3.H3P/c1-17(23)25-21(24)22(18-11-5-2-6-12-18,19-13-7-3-8-14-19)20-15-9-4-10-16-20;/h2-16H,1H3;1H3. The molecule has 4 heteroatoms. The maximum absolute atomic E-state index is 13.2. The maximum atomic E-state index is 13.2. The Kier molecular flexibility index (Phi) is 6.43. The molecular weight excluding hydrogens is 343 g/mol. The molecule has 3 rings (SSSR count). The van der Waals surface area contributed by atoms with Crippen LogP contribution in [0.1, 0.15) is 23.6 Å². The first-order chi connectivity index (χ1) is 12.2. The largest absolute Gasteiger partial charge is 0.392 e. The van der Waals surface area contributed by atoms with Gasteiger partial charge in [-0.1, -0.05) is 91.0 Å². The minimum Gasteiger partial charge on any atom is -0.392 e. The van der Waals surface area contributed by atoms with Crippen LogP contribution in [-0.4, -0.2) is 11.9 Å². The topological polar surface area (TPSA) is 43.4 Å². The van der Waals surface area contributed by atoms with Gasteiger partial charge >= 0.3 is 11.9 Å². The Balaban J connectivity index is 0.00000243. The van der Waals surface area contributed by atoms with Gasteiger partial charge in [0.1, 0.15) is 5.41 Å². The van der Waals surface area contributed by atoms with Crippen LogP contribution in [0.2, 0.25) is 0 Å². The number of benzene rings is 3. The molecule has 1 atom stereocenters. The molecule has 0 spiro atoms. The quantitative estimate of drug-likeness (QED) is 0.302. The Morgan fingerprint density at radius 2 is 0.962 bits per heavy atom. The molecule has 0 saturated carbocycles. The highest BCUT2D eigenvalue weighted by atomic mass is 31.0. The van der Waals surface area contributed by atoms with Crippen LogP contribution in [0.5, 0.6) is 0 Å². The molecule has 3 aromatic rings. The molecule has 0 fully saturated rings. The molecule has 0 N–H and O–H groups in total. The van der Waals surface area contributed by atoms with Crippen molar-refractivity contribution < 1.29 is 14.3 Å². The van der Waals surface area contributed by atoms with Crippen molar-refractivity contribution in [1.82, 2.24) is 0 Å². The van der Waals surface area contributed by atoms with E-state index in [-0.39, 0.29) is 9.90 Å². The van der Waals surface area contributed by atoms with Crippen LogP contribution >= 0.6 is 9.90 Å². The third-order valence-electron chi connectivity index (χ3n) is 4.16. The van der Waals surface area contributed by atoms with Gasteiger partial charge in [-0.3, -0.25) is 4.79 Å². The number of ether oxygens (including phenoxy) is 1. The second-order valence-corrected chi connectivity index (χ2v) is 5.73. The van der Waals surface area contributed by atoms with Crippen molar-refractivity contribution in [2.45, 2.75) is 12.3 Å². The van der Waals surface area contributed by atoms with Gasteiger partial charge in [-0.25, -0.2) is 4.79 Å². The van der Waals surface area contributed by atoms with Crippen LogP contribution in [0.4, 0.5) is 0 Å². The molecule has 3 nitrogen and oxygen atoms in total. The van der Waals surface area contributed by atoms with Gasteiger partial charge in [0.05, 0.1) is 0 Å². The predicted molar refractivity (Wildman–Crippen MR) is 107 cm³/mol. The molecule has 0 amide bonds. The van der Waals surface area contributed by atoms with Crippen molar-refractivity contribution in [1.29, 1.82) is 0 Å². The Bertz CT molecular complexity index is 765. The summed E-state index contributed by atoms with van der Waals surface area (Å²) >= 11 is 0. The molecule has 0 heterocycles. The number of carbonyl (C=O) groups excluding carboxylic acids is 2. The van der Waals surface area contributed by atoms with Gasteiger partial charge in [0, 0.05) is 6.92 Å². The highest BCUT2D eigenvalue weighted by Crippen LogP contribution is 2.40. The Labute approximate surface area is 156 Å². The fraction of sp³-hybridized carbons (Fsp3) is 0.0909. The predicted octanol–water partition coefficient (Wildman–Crippen LogP) is 4.17. The van der Waals surface area contributed by atoms with Crippen LogP contribution in [0.3, 0.4) is 0 Å². The van der Waals surface area contributed by atoms with E-state index in [1.165, 1.54) is 6.92 Å². The lowest BCUT2D eigenvalue weighted by Crippen LogP contribution is -2.40. The van der Waals surface area contributed by atoms with E-state index in [2.05, 4.69) is 0 Å². The van der Waals surface area contributed by atoms with Gasteiger partial charge in [-0.05, 0) is 16.7 Å². The van der Waals surface area contributed by atoms with Crippen LogP contribution in [0, 0.1) is 0 Å². The van der Waals surface area contributed by atoms with Crippen molar-refractivity contribution in [2.24, 2.45) is 0 Å².